The van der Waals surface area contributed by atoms with Crippen molar-refractivity contribution in [3.8, 4) is 0 Å². The van der Waals surface area contributed by atoms with Crippen molar-refractivity contribution in [2.75, 3.05) is 26.4 Å². The zero-order valence-electron chi connectivity index (χ0n) is 46.7. The predicted octanol–water partition coefficient (Wildman–Crippen LogP) is 12.1. The second-order valence-electron chi connectivity index (χ2n) is 19.4. The molecule has 2 unspecified atom stereocenters. The van der Waals surface area contributed by atoms with Crippen LogP contribution in [0.25, 0.3) is 0 Å². The monoisotopic (exact) mass is 1050 g/mol. The molecular formula is C58H108NaO12P. The summed E-state index contributed by atoms with van der Waals surface area (Å²) in [6.45, 7) is 5.31. The summed E-state index contributed by atoms with van der Waals surface area (Å²) in [5.74, 6) is -1.23. The molecule has 0 bridgehead atoms. The number of allylic oxidation sites excluding steroid dienone is 6. The molecule has 72 heavy (non-hydrogen) atoms. The van der Waals surface area contributed by atoms with Gasteiger partial charge in [0.2, 0.25) is 0 Å². The fourth-order valence-electron chi connectivity index (χ4n) is 7.78. The fourth-order valence-corrected chi connectivity index (χ4v) is 8.13. The topological polar surface area (TPSA) is 189 Å². The SMILES string of the molecule is CCCCCCC/C=C\CCCCCCC(=O)O[C@H](COC(=O)CCCCCCC/C=C\CCCCCCCC)COP(=O)([O-])O.CCCCCCCC/C=C\CCCCCCCC(=O)OCC(O)CO.[Na+]. The van der Waals surface area contributed by atoms with Crippen LogP contribution in [0.15, 0.2) is 36.5 Å². The molecule has 0 aromatic rings. The van der Waals surface area contributed by atoms with Gasteiger partial charge in [0.15, 0.2) is 6.10 Å². The number of phosphoric ester groups is 1. The largest absolute Gasteiger partial charge is 1.00 e. The van der Waals surface area contributed by atoms with Crippen LogP contribution < -0.4 is 34.5 Å². The third-order valence-corrected chi connectivity index (χ3v) is 12.7. The smallest absolute Gasteiger partial charge is 0.756 e. The van der Waals surface area contributed by atoms with E-state index in [2.05, 4.69) is 61.8 Å². The molecule has 0 aromatic carbocycles. The van der Waals surface area contributed by atoms with Crippen LogP contribution in [0.5, 0.6) is 0 Å². The number of phosphoric acid groups is 1. The normalized spacial score (nSPS) is 13.2. The molecule has 3 atom stereocenters. The Morgan fingerprint density at radius 1 is 0.444 bits per heavy atom. The standard InChI is InChI=1S/C37H69O8P.C21H40O4.Na/c1-3-5-7-9-11-13-15-17-18-20-21-23-25-27-29-31-36(38)43-33-35(34-44-46(40,41)42)45-37(39)32-30-28-26-24-22-19-16-14-12-10-8-6-4-2;1-2-3-4-5-6-7-8-9-10-11-12-13-14-15-16-17-21(24)25-19-20(23)18-22;/h16-19,35H,3-15,20-34H2,1-2H3,(H2,40,41,42);9-10,20,22-23H,2-8,11-19H2,1H3;/q;;+1/p-1/b18-17-,19-16-;10-9-;/t35-;;/m1../s1. The van der Waals surface area contributed by atoms with Gasteiger partial charge in [-0.15, -0.1) is 0 Å². The summed E-state index contributed by atoms with van der Waals surface area (Å²) in [5.41, 5.74) is 0. The Bertz CT molecular complexity index is 1310. The van der Waals surface area contributed by atoms with E-state index in [9.17, 15) is 23.8 Å². The number of ether oxygens (including phenoxy) is 3. The summed E-state index contributed by atoms with van der Waals surface area (Å²) in [6, 6.07) is 0. The summed E-state index contributed by atoms with van der Waals surface area (Å²) < 4.78 is 30.8. The van der Waals surface area contributed by atoms with Crippen LogP contribution in [0.2, 0.25) is 0 Å². The maximum absolute atomic E-state index is 12.3. The summed E-state index contributed by atoms with van der Waals surface area (Å²) in [6.07, 6.45) is 56.0. The molecule has 0 aliphatic carbocycles. The van der Waals surface area contributed by atoms with Gasteiger partial charge in [0, 0.05) is 19.3 Å². The van der Waals surface area contributed by atoms with Crippen LogP contribution in [0.3, 0.4) is 0 Å². The van der Waals surface area contributed by atoms with Crippen molar-refractivity contribution < 1.29 is 87.2 Å². The number of hydrogen-bond acceptors (Lipinski definition) is 11. The van der Waals surface area contributed by atoms with E-state index in [-0.39, 0.29) is 68.2 Å². The third-order valence-electron chi connectivity index (χ3n) is 12.2. The Morgan fingerprint density at radius 3 is 1.03 bits per heavy atom. The van der Waals surface area contributed by atoms with Crippen molar-refractivity contribution in [2.24, 2.45) is 0 Å². The number of carbonyl (C=O) groups excluding carboxylic acids is 3. The number of carbonyl (C=O) groups is 3. The van der Waals surface area contributed by atoms with Crippen molar-refractivity contribution >= 4 is 25.7 Å². The summed E-state index contributed by atoms with van der Waals surface area (Å²) in [4.78, 5) is 55.9. The van der Waals surface area contributed by atoms with Crippen LogP contribution in [0, 0.1) is 0 Å². The number of aliphatic hydroxyl groups excluding tert-OH is 2. The van der Waals surface area contributed by atoms with Gasteiger partial charge in [-0.05, 0) is 96.3 Å². The Labute approximate surface area is 463 Å². The van der Waals surface area contributed by atoms with E-state index in [1.165, 1.54) is 135 Å². The minimum absolute atomic E-state index is 0. The molecule has 0 aromatic heterocycles. The van der Waals surface area contributed by atoms with Crippen LogP contribution >= 0.6 is 7.82 Å². The molecule has 0 saturated carbocycles. The molecule has 0 radical (unpaired) electrons. The van der Waals surface area contributed by atoms with E-state index in [1.807, 2.05) is 0 Å². The second-order valence-corrected chi connectivity index (χ2v) is 20.6. The first-order valence-corrected chi connectivity index (χ1v) is 30.4. The van der Waals surface area contributed by atoms with Gasteiger partial charge >= 0.3 is 47.5 Å². The van der Waals surface area contributed by atoms with Crippen molar-refractivity contribution in [1.82, 2.24) is 0 Å². The van der Waals surface area contributed by atoms with Gasteiger partial charge < -0.3 is 38.7 Å². The number of aliphatic hydroxyl groups is 2. The summed E-state index contributed by atoms with van der Waals surface area (Å²) in [7, 11) is -5.00. The van der Waals surface area contributed by atoms with E-state index >= 15 is 0 Å². The fraction of sp³-hybridized carbons (Fsp3) is 0.845. The Kier molecular flexibility index (Phi) is 63.0. The van der Waals surface area contributed by atoms with Gasteiger partial charge in [0.05, 0.1) is 13.2 Å². The summed E-state index contributed by atoms with van der Waals surface area (Å²) >= 11 is 0. The van der Waals surface area contributed by atoms with Crippen LogP contribution in [0.4, 0.5) is 0 Å². The van der Waals surface area contributed by atoms with E-state index in [1.54, 1.807) is 0 Å². The molecule has 0 saturated heterocycles. The molecule has 0 aliphatic rings. The Morgan fingerprint density at radius 2 is 0.722 bits per heavy atom. The van der Waals surface area contributed by atoms with Gasteiger partial charge in [-0.2, -0.15) is 0 Å². The minimum Gasteiger partial charge on any atom is -0.756 e. The van der Waals surface area contributed by atoms with Gasteiger partial charge in [0.1, 0.15) is 19.3 Å². The molecule has 3 N–H and O–H groups in total. The molecule has 0 rings (SSSR count). The molecule has 0 aliphatic heterocycles. The predicted molar refractivity (Wildman–Crippen MR) is 290 cm³/mol. The number of esters is 3. The maximum atomic E-state index is 12.3. The molecule has 12 nitrogen and oxygen atoms in total. The minimum atomic E-state index is -5.00. The third kappa shape index (κ3) is 64.8. The molecule has 0 amide bonds. The van der Waals surface area contributed by atoms with Crippen molar-refractivity contribution in [3.05, 3.63) is 36.5 Å². The van der Waals surface area contributed by atoms with Gasteiger partial charge in [-0.25, -0.2) is 0 Å². The van der Waals surface area contributed by atoms with E-state index in [0.717, 1.165) is 89.9 Å². The average Bonchev–Trinajstić information content (AvgIpc) is 3.35. The van der Waals surface area contributed by atoms with E-state index < -0.39 is 38.6 Å². The molecule has 14 heteroatoms. The van der Waals surface area contributed by atoms with Gasteiger partial charge in [0.25, 0.3) is 7.82 Å². The zero-order chi connectivity index (χ0) is 52.6. The first-order chi connectivity index (χ1) is 34.5. The first-order valence-electron chi connectivity index (χ1n) is 28.9. The second kappa shape index (κ2) is 60.5. The number of unbranched alkanes of at least 4 members (excludes halogenated alkanes) is 31. The van der Waals surface area contributed by atoms with Crippen molar-refractivity contribution in [1.29, 1.82) is 0 Å². The van der Waals surface area contributed by atoms with Crippen LogP contribution in [0.1, 0.15) is 278 Å². The van der Waals surface area contributed by atoms with E-state index in [4.69, 9.17) is 29.3 Å². The van der Waals surface area contributed by atoms with E-state index in [0.29, 0.717) is 19.3 Å². The maximum Gasteiger partial charge on any atom is 1.00 e. The number of hydrogen-bond donors (Lipinski definition) is 3. The van der Waals surface area contributed by atoms with Gasteiger partial charge in [-0.3, -0.25) is 18.9 Å². The quantitative estimate of drug-likeness (QED) is 0.0131. The first kappa shape index (κ1) is 74.9. The van der Waals surface area contributed by atoms with Crippen LogP contribution in [-0.2, 0) is 37.7 Å². The zero-order valence-corrected chi connectivity index (χ0v) is 49.6. The summed E-state index contributed by atoms with van der Waals surface area (Å²) in [5, 5.41) is 17.7. The molecule has 0 spiro atoms. The average molecular weight is 1050 g/mol. The van der Waals surface area contributed by atoms with Crippen molar-refractivity contribution in [3.63, 3.8) is 0 Å². The van der Waals surface area contributed by atoms with Crippen molar-refractivity contribution in [2.45, 2.75) is 290 Å². The molecule has 0 fully saturated rings. The Balaban J connectivity index is -0.00000155. The van der Waals surface area contributed by atoms with Gasteiger partial charge in [-0.1, -0.05) is 198 Å². The molecular weight excluding hydrogens is 943 g/mol. The number of rotatable bonds is 52. The Hall–Kier alpha value is -1.34. The molecule has 418 valence electrons. The molecule has 0 heterocycles. The van der Waals surface area contributed by atoms with Crippen LogP contribution in [-0.4, -0.2) is 71.6 Å².